The van der Waals surface area contributed by atoms with E-state index in [9.17, 15) is 19.8 Å². The number of aliphatic hydroxyl groups is 2. The Morgan fingerprint density at radius 1 is 0.559 bits per heavy atom. The van der Waals surface area contributed by atoms with Crippen LogP contribution < -0.4 is 0 Å². The summed E-state index contributed by atoms with van der Waals surface area (Å²) in [6.07, 6.45) is 32.6. The summed E-state index contributed by atoms with van der Waals surface area (Å²) in [6.45, 7) is -0.617. The van der Waals surface area contributed by atoms with Crippen molar-refractivity contribution in [2.75, 3.05) is 13.2 Å². The van der Waals surface area contributed by atoms with Crippen molar-refractivity contribution in [2.45, 2.75) is 12.2 Å². The zero-order valence-corrected chi connectivity index (χ0v) is 18.6. The van der Waals surface area contributed by atoms with Gasteiger partial charge >= 0.3 is 11.9 Å². The molecule has 0 saturated heterocycles. The minimum absolute atomic E-state index is 0.0689. The van der Waals surface area contributed by atoms with E-state index < -0.39 is 11.9 Å². The van der Waals surface area contributed by atoms with Crippen molar-refractivity contribution in [2.24, 2.45) is 11.8 Å². The number of allylic oxidation sites excluding steroid dienone is 14. The summed E-state index contributed by atoms with van der Waals surface area (Å²) in [5, 5.41) is 18.4. The number of aliphatic hydroxyl groups excluding tert-OH is 2. The Morgan fingerprint density at radius 3 is 1.15 bits per heavy atom. The minimum atomic E-state index is -0.470. The minimum Gasteiger partial charge on any atom is -0.450 e. The third kappa shape index (κ3) is 7.69. The largest absolute Gasteiger partial charge is 0.450 e. The van der Waals surface area contributed by atoms with E-state index in [-0.39, 0.29) is 37.3 Å². The number of esters is 2. The van der Waals surface area contributed by atoms with E-state index in [0.717, 1.165) is 0 Å². The number of ether oxygens (including phenoxy) is 2. The van der Waals surface area contributed by atoms with E-state index in [1.54, 1.807) is 36.5 Å². The van der Waals surface area contributed by atoms with Gasteiger partial charge in [0.15, 0.2) is 0 Å². The second kappa shape index (κ2) is 13.1. The number of rotatable bonds is 8. The smallest absolute Gasteiger partial charge is 0.336 e. The van der Waals surface area contributed by atoms with E-state index >= 15 is 0 Å². The molecule has 0 aromatic carbocycles. The van der Waals surface area contributed by atoms with E-state index in [2.05, 4.69) is 0 Å². The fourth-order valence-corrected chi connectivity index (χ4v) is 3.33. The van der Waals surface area contributed by atoms with Crippen LogP contribution in [0.1, 0.15) is 0 Å². The van der Waals surface area contributed by atoms with E-state index in [0.29, 0.717) is 11.1 Å². The third-order valence-electron chi connectivity index (χ3n) is 5.12. The molecule has 0 bridgehead atoms. The first kappa shape index (κ1) is 24.9. The highest BCUT2D eigenvalue weighted by molar-refractivity contribution is 5.89. The van der Waals surface area contributed by atoms with Crippen molar-refractivity contribution in [1.82, 2.24) is 0 Å². The van der Waals surface area contributed by atoms with Gasteiger partial charge in [-0.15, -0.1) is 0 Å². The maximum atomic E-state index is 11.8. The molecule has 0 aromatic heterocycles. The summed E-state index contributed by atoms with van der Waals surface area (Å²) < 4.78 is 10.4. The van der Waals surface area contributed by atoms with Crippen LogP contribution in [-0.2, 0) is 19.1 Å². The number of carbonyl (C=O) groups is 2. The van der Waals surface area contributed by atoms with Crippen LogP contribution >= 0.6 is 0 Å². The molecule has 0 aromatic rings. The lowest BCUT2D eigenvalue weighted by Crippen LogP contribution is -2.17. The van der Waals surface area contributed by atoms with E-state index in [1.807, 2.05) is 72.9 Å². The average molecular weight is 461 g/mol. The molecule has 34 heavy (non-hydrogen) atoms. The highest BCUT2D eigenvalue weighted by atomic mass is 16.5. The molecule has 0 aliphatic heterocycles. The van der Waals surface area contributed by atoms with Crippen molar-refractivity contribution >= 4 is 11.9 Å². The fourth-order valence-electron chi connectivity index (χ4n) is 3.33. The zero-order valence-electron chi connectivity index (χ0n) is 18.6. The van der Waals surface area contributed by atoms with Crippen LogP contribution in [0.5, 0.6) is 0 Å². The van der Waals surface area contributed by atoms with Gasteiger partial charge in [0.2, 0.25) is 0 Å². The average Bonchev–Trinajstić information content (AvgIpc) is 3.64. The topological polar surface area (TPSA) is 93.1 Å². The monoisotopic (exact) mass is 460 g/mol. The lowest BCUT2D eigenvalue weighted by molar-refractivity contribution is -0.141. The second-order valence-corrected chi connectivity index (χ2v) is 7.67. The van der Waals surface area contributed by atoms with E-state index in [4.69, 9.17) is 9.47 Å². The second-order valence-electron chi connectivity index (χ2n) is 7.67. The first-order chi connectivity index (χ1) is 16.6. The molecule has 4 aliphatic rings. The van der Waals surface area contributed by atoms with Crippen molar-refractivity contribution in [1.29, 1.82) is 0 Å². The molecular weight excluding hydrogens is 432 g/mol. The van der Waals surface area contributed by atoms with Gasteiger partial charge < -0.3 is 19.7 Å². The van der Waals surface area contributed by atoms with Crippen LogP contribution in [0.4, 0.5) is 0 Å². The van der Waals surface area contributed by atoms with Crippen molar-refractivity contribution in [3.63, 3.8) is 0 Å². The summed E-state index contributed by atoms with van der Waals surface area (Å²) in [6, 6.07) is 0. The summed E-state index contributed by atoms with van der Waals surface area (Å²) >= 11 is 0. The molecule has 0 unspecified atom stereocenters. The molecule has 6 nitrogen and oxygen atoms in total. The molecule has 0 fully saturated rings. The molecule has 4 aliphatic carbocycles. The van der Waals surface area contributed by atoms with Crippen LogP contribution in [0.2, 0.25) is 0 Å². The lowest BCUT2D eigenvalue weighted by Gasteiger charge is -2.10. The first-order valence-electron chi connectivity index (χ1n) is 11.0. The van der Waals surface area contributed by atoms with Gasteiger partial charge in [-0.3, -0.25) is 0 Å². The van der Waals surface area contributed by atoms with Gasteiger partial charge in [-0.1, -0.05) is 85.1 Å². The van der Waals surface area contributed by atoms with Gasteiger partial charge in [0, 0.05) is 11.8 Å². The zero-order chi connectivity index (χ0) is 24.2. The van der Waals surface area contributed by atoms with Gasteiger partial charge in [-0.2, -0.15) is 0 Å². The van der Waals surface area contributed by atoms with Gasteiger partial charge in [0.05, 0.1) is 24.4 Å². The van der Waals surface area contributed by atoms with Crippen LogP contribution in [0.15, 0.2) is 121 Å². The molecule has 0 atom stereocenters. The third-order valence-corrected chi connectivity index (χ3v) is 5.12. The maximum absolute atomic E-state index is 11.8. The lowest BCUT2D eigenvalue weighted by atomic mass is 10.1. The first-order valence-corrected chi connectivity index (χ1v) is 11.0. The fraction of sp³-hybridized carbons (Fsp3) is 0.214. The molecule has 0 heterocycles. The maximum Gasteiger partial charge on any atom is 0.336 e. The summed E-state index contributed by atoms with van der Waals surface area (Å²) in [7, 11) is 0. The van der Waals surface area contributed by atoms with Crippen LogP contribution in [0.25, 0.3) is 0 Å². The molecular formula is C28H28O6. The van der Waals surface area contributed by atoms with Crippen LogP contribution in [0, 0.1) is 11.8 Å². The van der Waals surface area contributed by atoms with Gasteiger partial charge in [0.1, 0.15) is 12.2 Å². The molecule has 4 rings (SSSR count). The Kier molecular flexibility index (Phi) is 9.58. The molecule has 0 radical (unpaired) electrons. The Balaban J connectivity index is 0.000000191. The number of hydrogen-bond acceptors (Lipinski definition) is 6. The Morgan fingerprint density at radius 2 is 0.853 bits per heavy atom. The van der Waals surface area contributed by atoms with Gasteiger partial charge in [-0.05, 0) is 24.3 Å². The van der Waals surface area contributed by atoms with Crippen LogP contribution in [-0.4, -0.2) is 47.6 Å². The Hall–Kier alpha value is -3.74. The molecule has 6 heteroatoms. The predicted molar refractivity (Wildman–Crippen MR) is 130 cm³/mol. The molecule has 0 spiro atoms. The van der Waals surface area contributed by atoms with E-state index in [1.165, 1.54) is 0 Å². The predicted octanol–water partition coefficient (Wildman–Crippen LogP) is 3.37. The number of hydrogen-bond donors (Lipinski definition) is 2. The van der Waals surface area contributed by atoms with Crippen molar-refractivity contribution in [3.05, 3.63) is 121 Å². The highest BCUT2D eigenvalue weighted by Crippen LogP contribution is 2.16. The number of carbonyl (C=O) groups excluding carboxylic acids is 2. The standard InChI is InChI=1S/2C14H14O3/c2*15-10-12(9-11-5-1-2-6-11)14(16)17-13-7-3-4-8-13/h2*1-9,11,13,15H,10H2. The normalized spacial score (nSPS) is 19.5. The quantitative estimate of drug-likeness (QED) is 0.426. The summed E-state index contributed by atoms with van der Waals surface area (Å²) in [4.78, 5) is 23.5. The summed E-state index contributed by atoms with van der Waals surface area (Å²) in [5.74, 6) is -0.802. The Labute approximate surface area is 199 Å². The SMILES string of the molecule is O=C(OC1C=CC=C1)C(=CC1C=CC=C1)CO.O=C(OC1C=CC=C1)C(=CC1C=CC=C1)CO. The van der Waals surface area contributed by atoms with Gasteiger partial charge in [0.25, 0.3) is 0 Å². The van der Waals surface area contributed by atoms with Crippen LogP contribution in [0.3, 0.4) is 0 Å². The highest BCUT2D eigenvalue weighted by Gasteiger charge is 2.17. The molecule has 0 saturated carbocycles. The van der Waals surface area contributed by atoms with Crippen molar-refractivity contribution < 1.29 is 29.3 Å². The van der Waals surface area contributed by atoms with Gasteiger partial charge in [-0.25, -0.2) is 9.59 Å². The Bertz CT molecular complexity index is 913. The molecule has 176 valence electrons. The molecule has 2 N–H and O–H groups in total. The summed E-state index contributed by atoms with van der Waals surface area (Å²) in [5.41, 5.74) is 0.583. The molecule has 0 amide bonds. The van der Waals surface area contributed by atoms with Crippen molar-refractivity contribution in [3.8, 4) is 0 Å².